The Morgan fingerprint density at radius 3 is 2.41 bits per heavy atom. The van der Waals surface area contributed by atoms with Crippen LogP contribution in [0.1, 0.15) is 52.4 Å². The molecule has 0 aromatic heterocycles. The molecule has 0 unspecified atom stereocenters. The molecule has 0 aromatic carbocycles. The van der Waals surface area contributed by atoms with E-state index in [4.69, 9.17) is 5.11 Å². The van der Waals surface area contributed by atoms with Crippen molar-refractivity contribution in [3.05, 3.63) is 0 Å². The molecule has 1 saturated carbocycles. The summed E-state index contributed by atoms with van der Waals surface area (Å²) in [6.07, 6.45) is 6.56. The van der Waals surface area contributed by atoms with Crippen LogP contribution < -0.4 is 0 Å². The Balaban J connectivity index is 2.45. The summed E-state index contributed by atoms with van der Waals surface area (Å²) in [5, 5.41) is 9.03. The molecule has 3 heteroatoms. The monoisotopic (exact) mass is 241 g/mol. The van der Waals surface area contributed by atoms with Gasteiger partial charge in [-0.3, -0.25) is 4.79 Å². The van der Waals surface area contributed by atoms with E-state index in [2.05, 4.69) is 13.8 Å². The van der Waals surface area contributed by atoms with E-state index in [1.54, 1.807) is 0 Å². The maximum atomic E-state index is 12.3. The summed E-state index contributed by atoms with van der Waals surface area (Å²) in [4.78, 5) is 14.2. The number of hydrogen-bond donors (Lipinski definition) is 1. The van der Waals surface area contributed by atoms with Gasteiger partial charge in [0, 0.05) is 19.0 Å². The highest BCUT2D eigenvalue weighted by Crippen LogP contribution is 2.29. The third kappa shape index (κ3) is 4.66. The van der Waals surface area contributed by atoms with Gasteiger partial charge in [0.25, 0.3) is 0 Å². The van der Waals surface area contributed by atoms with Gasteiger partial charge in [0.05, 0.1) is 6.61 Å². The van der Waals surface area contributed by atoms with Crippen molar-refractivity contribution >= 4 is 5.91 Å². The summed E-state index contributed by atoms with van der Waals surface area (Å²) < 4.78 is 0. The van der Waals surface area contributed by atoms with E-state index >= 15 is 0 Å². The minimum Gasteiger partial charge on any atom is -0.395 e. The third-order valence-electron chi connectivity index (χ3n) is 3.83. The Kier molecular flexibility index (Phi) is 6.56. The van der Waals surface area contributed by atoms with Crippen molar-refractivity contribution in [3.63, 3.8) is 0 Å². The van der Waals surface area contributed by atoms with Gasteiger partial charge in [-0.25, -0.2) is 0 Å². The van der Waals surface area contributed by atoms with E-state index in [1.165, 1.54) is 12.8 Å². The second-order valence-corrected chi connectivity index (χ2v) is 5.36. The Hall–Kier alpha value is -0.570. The van der Waals surface area contributed by atoms with Crippen LogP contribution in [0.15, 0.2) is 0 Å². The first kappa shape index (κ1) is 14.5. The van der Waals surface area contributed by atoms with Crippen molar-refractivity contribution < 1.29 is 9.90 Å². The van der Waals surface area contributed by atoms with Gasteiger partial charge in [-0.2, -0.15) is 0 Å². The van der Waals surface area contributed by atoms with Crippen LogP contribution >= 0.6 is 0 Å². The van der Waals surface area contributed by atoms with Crippen LogP contribution in [0.3, 0.4) is 0 Å². The molecular formula is C14H27NO2. The Morgan fingerprint density at radius 2 is 1.88 bits per heavy atom. The number of hydrogen-bond acceptors (Lipinski definition) is 2. The first-order valence-electron chi connectivity index (χ1n) is 7.08. The molecule has 100 valence electrons. The van der Waals surface area contributed by atoms with Gasteiger partial charge < -0.3 is 10.0 Å². The number of aliphatic hydroxyl groups is 1. The summed E-state index contributed by atoms with van der Waals surface area (Å²) >= 11 is 0. The van der Waals surface area contributed by atoms with Crippen molar-refractivity contribution in [2.24, 2.45) is 11.8 Å². The van der Waals surface area contributed by atoms with Crippen LogP contribution in [0.4, 0.5) is 0 Å². The maximum Gasteiger partial charge on any atom is 0.225 e. The molecule has 0 bridgehead atoms. The molecule has 1 aliphatic rings. The predicted molar refractivity (Wildman–Crippen MR) is 69.7 cm³/mol. The van der Waals surface area contributed by atoms with Gasteiger partial charge in [-0.15, -0.1) is 0 Å². The van der Waals surface area contributed by atoms with Gasteiger partial charge in [-0.1, -0.05) is 20.3 Å². The molecule has 1 aliphatic carbocycles. The quantitative estimate of drug-likeness (QED) is 0.776. The topological polar surface area (TPSA) is 40.5 Å². The number of rotatable bonds is 6. The van der Waals surface area contributed by atoms with Crippen LogP contribution in [0, 0.1) is 11.8 Å². The van der Waals surface area contributed by atoms with Crippen molar-refractivity contribution in [2.45, 2.75) is 52.4 Å². The largest absolute Gasteiger partial charge is 0.395 e. The highest BCUT2D eigenvalue weighted by Gasteiger charge is 2.27. The minimum absolute atomic E-state index is 0.0819. The summed E-state index contributed by atoms with van der Waals surface area (Å²) in [5.74, 6) is 1.27. The molecule has 0 aromatic rings. The Morgan fingerprint density at radius 1 is 1.24 bits per heavy atom. The summed E-state index contributed by atoms with van der Waals surface area (Å²) in [6, 6.07) is 0. The average Bonchev–Trinajstić information content (AvgIpc) is 2.34. The SMILES string of the molecule is CCCCN(CCO)C(=O)C1CCC(C)CC1. The minimum atomic E-state index is 0.0819. The molecule has 0 spiro atoms. The van der Waals surface area contributed by atoms with Crippen molar-refractivity contribution in [1.82, 2.24) is 4.90 Å². The zero-order chi connectivity index (χ0) is 12.7. The van der Waals surface area contributed by atoms with E-state index in [-0.39, 0.29) is 18.4 Å². The Labute approximate surface area is 105 Å². The van der Waals surface area contributed by atoms with E-state index in [0.717, 1.165) is 38.1 Å². The van der Waals surface area contributed by atoms with E-state index in [0.29, 0.717) is 6.54 Å². The number of carbonyl (C=O) groups is 1. The average molecular weight is 241 g/mol. The molecule has 1 amide bonds. The van der Waals surface area contributed by atoms with E-state index < -0.39 is 0 Å². The first-order valence-corrected chi connectivity index (χ1v) is 7.08. The molecular weight excluding hydrogens is 214 g/mol. The number of aliphatic hydroxyl groups excluding tert-OH is 1. The van der Waals surface area contributed by atoms with E-state index in [9.17, 15) is 4.79 Å². The number of amides is 1. The molecule has 0 radical (unpaired) electrons. The van der Waals surface area contributed by atoms with Crippen molar-refractivity contribution in [3.8, 4) is 0 Å². The number of nitrogens with zero attached hydrogens (tertiary/aromatic N) is 1. The lowest BCUT2D eigenvalue weighted by atomic mass is 9.82. The maximum absolute atomic E-state index is 12.3. The highest BCUT2D eigenvalue weighted by molar-refractivity contribution is 5.78. The zero-order valence-corrected chi connectivity index (χ0v) is 11.3. The molecule has 1 fully saturated rings. The molecule has 0 aliphatic heterocycles. The zero-order valence-electron chi connectivity index (χ0n) is 11.3. The normalized spacial score (nSPS) is 24.6. The smallest absolute Gasteiger partial charge is 0.225 e. The molecule has 3 nitrogen and oxygen atoms in total. The molecule has 0 atom stereocenters. The van der Waals surface area contributed by atoms with E-state index in [1.807, 2.05) is 4.90 Å². The lowest BCUT2D eigenvalue weighted by molar-refractivity contribution is -0.137. The second-order valence-electron chi connectivity index (χ2n) is 5.36. The fraction of sp³-hybridized carbons (Fsp3) is 0.929. The standard InChI is InChI=1S/C14H27NO2/c1-3-4-9-15(10-11-16)14(17)13-7-5-12(2)6-8-13/h12-13,16H,3-11H2,1-2H3. The lowest BCUT2D eigenvalue weighted by Gasteiger charge is -2.30. The first-order chi connectivity index (χ1) is 8.19. The molecule has 0 heterocycles. The summed E-state index contributed by atoms with van der Waals surface area (Å²) in [5.41, 5.74) is 0. The molecule has 17 heavy (non-hydrogen) atoms. The fourth-order valence-electron chi connectivity index (χ4n) is 2.57. The fourth-order valence-corrected chi connectivity index (χ4v) is 2.57. The third-order valence-corrected chi connectivity index (χ3v) is 3.83. The van der Waals surface area contributed by atoms with Crippen molar-refractivity contribution in [2.75, 3.05) is 19.7 Å². The van der Waals surface area contributed by atoms with Crippen LogP contribution in [0.5, 0.6) is 0 Å². The van der Waals surface area contributed by atoms with Crippen LogP contribution in [0.2, 0.25) is 0 Å². The lowest BCUT2D eigenvalue weighted by Crippen LogP contribution is -2.39. The molecule has 1 N–H and O–H groups in total. The van der Waals surface area contributed by atoms with Crippen molar-refractivity contribution in [1.29, 1.82) is 0 Å². The Bertz CT molecular complexity index is 222. The summed E-state index contributed by atoms with van der Waals surface area (Å²) in [7, 11) is 0. The van der Waals surface area contributed by atoms with Gasteiger partial charge in [0.2, 0.25) is 5.91 Å². The van der Waals surface area contributed by atoms with Crippen LogP contribution in [0.25, 0.3) is 0 Å². The van der Waals surface area contributed by atoms with Crippen LogP contribution in [-0.2, 0) is 4.79 Å². The number of carbonyl (C=O) groups excluding carboxylic acids is 1. The second kappa shape index (κ2) is 7.70. The predicted octanol–water partition coefficient (Wildman–Crippen LogP) is 2.43. The molecule has 1 rings (SSSR count). The van der Waals surface area contributed by atoms with Gasteiger partial charge in [0.1, 0.15) is 0 Å². The van der Waals surface area contributed by atoms with Gasteiger partial charge in [0.15, 0.2) is 0 Å². The number of unbranched alkanes of at least 4 members (excludes halogenated alkanes) is 1. The summed E-state index contributed by atoms with van der Waals surface area (Å²) in [6.45, 7) is 5.79. The molecule has 0 saturated heterocycles. The van der Waals surface area contributed by atoms with Gasteiger partial charge >= 0.3 is 0 Å². The highest BCUT2D eigenvalue weighted by atomic mass is 16.3. The van der Waals surface area contributed by atoms with Crippen LogP contribution in [-0.4, -0.2) is 35.6 Å². The van der Waals surface area contributed by atoms with Gasteiger partial charge in [-0.05, 0) is 38.0 Å².